The molecule has 2 aromatic rings. The first-order chi connectivity index (χ1) is 10.3. The molecule has 5 nitrogen and oxygen atoms in total. The number of carbonyl (C=O) groups is 1. The summed E-state index contributed by atoms with van der Waals surface area (Å²) in [5.74, 6) is 0.423. The van der Waals surface area contributed by atoms with Gasteiger partial charge in [0, 0.05) is 16.1 Å². The van der Waals surface area contributed by atoms with Gasteiger partial charge in [-0.2, -0.15) is 0 Å². The zero-order valence-electron chi connectivity index (χ0n) is 12.8. The first-order valence-corrected chi connectivity index (χ1v) is 7.35. The molecule has 0 aliphatic rings. The van der Waals surface area contributed by atoms with Crippen molar-refractivity contribution in [1.82, 2.24) is 10.5 Å². The van der Waals surface area contributed by atoms with Crippen LogP contribution in [0.5, 0.6) is 0 Å². The Morgan fingerprint density at radius 2 is 2.09 bits per heavy atom. The number of hydrogen-bond acceptors (Lipinski definition) is 4. The molecule has 0 unspecified atom stereocenters. The zero-order chi connectivity index (χ0) is 16.3. The minimum Gasteiger partial charge on any atom is -0.384 e. The van der Waals surface area contributed by atoms with Crippen molar-refractivity contribution in [2.75, 3.05) is 6.54 Å². The van der Waals surface area contributed by atoms with Gasteiger partial charge in [0.05, 0.1) is 18.7 Å². The van der Waals surface area contributed by atoms with Crippen LogP contribution in [0, 0.1) is 13.8 Å². The monoisotopic (exact) mass is 322 g/mol. The Labute approximate surface area is 134 Å². The van der Waals surface area contributed by atoms with Crippen LogP contribution in [0.3, 0.4) is 0 Å². The topological polar surface area (TPSA) is 75.4 Å². The maximum atomic E-state index is 12.1. The molecule has 0 aliphatic heterocycles. The average molecular weight is 323 g/mol. The van der Waals surface area contributed by atoms with Gasteiger partial charge in [0.2, 0.25) is 5.91 Å². The van der Waals surface area contributed by atoms with Gasteiger partial charge in [0.15, 0.2) is 0 Å². The molecule has 2 rings (SSSR count). The second-order valence-corrected chi connectivity index (χ2v) is 5.92. The Balaban J connectivity index is 2.00. The maximum Gasteiger partial charge on any atom is 0.224 e. The van der Waals surface area contributed by atoms with E-state index in [9.17, 15) is 9.90 Å². The van der Waals surface area contributed by atoms with Crippen LogP contribution in [0.25, 0.3) is 0 Å². The highest BCUT2D eigenvalue weighted by Gasteiger charge is 2.26. The number of benzene rings is 1. The lowest BCUT2D eigenvalue weighted by Crippen LogP contribution is -2.39. The van der Waals surface area contributed by atoms with Gasteiger partial charge >= 0.3 is 0 Å². The van der Waals surface area contributed by atoms with Gasteiger partial charge in [0.25, 0.3) is 0 Å². The van der Waals surface area contributed by atoms with Crippen molar-refractivity contribution in [2.24, 2.45) is 0 Å². The zero-order valence-corrected chi connectivity index (χ0v) is 13.6. The summed E-state index contributed by atoms with van der Waals surface area (Å²) in [5, 5.41) is 17.5. The fourth-order valence-electron chi connectivity index (χ4n) is 2.24. The van der Waals surface area contributed by atoms with Crippen LogP contribution in [-0.4, -0.2) is 22.7 Å². The summed E-state index contributed by atoms with van der Waals surface area (Å²) in [6.45, 7) is 5.24. The summed E-state index contributed by atoms with van der Waals surface area (Å²) in [6, 6.07) is 7.03. The van der Waals surface area contributed by atoms with Gasteiger partial charge in [-0.1, -0.05) is 35.0 Å². The molecule has 0 fully saturated rings. The number of aromatic nitrogens is 1. The van der Waals surface area contributed by atoms with Crippen LogP contribution in [0.1, 0.15) is 29.5 Å². The van der Waals surface area contributed by atoms with Crippen molar-refractivity contribution in [2.45, 2.75) is 32.8 Å². The number of aryl methyl sites for hydroxylation is 2. The third-order valence-corrected chi connectivity index (χ3v) is 3.93. The predicted molar refractivity (Wildman–Crippen MR) is 83.7 cm³/mol. The lowest BCUT2D eigenvalue weighted by molar-refractivity contribution is -0.121. The van der Waals surface area contributed by atoms with Crippen LogP contribution >= 0.6 is 11.6 Å². The lowest BCUT2D eigenvalue weighted by Gasteiger charge is -2.25. The van der Waals surface area contributed by atoms with Crippen molar-refractivity contribution >= 4 is 17.5 Å². The second kappa shape index (κ2) is 6.50. The first kappa shape index (κ1) is 16.5. The molecule has 22 heavy (non-hydrogen) atoms. The standard InChI is InChI=1S/C16H19ClN2O3/c1-10-12(11(2)22-19-10)8-15(20)18-9-16(3,21)13-6-4-5-7-14(13)17/h4-7,21H,8-9H2,1-3H3,(H,18,20)/t16-/m1/s1. The molecule has 2 N–H and O–H groups in total. The number of carbonyl (C=O) groups excluding carboxylic acids is 1. The van der Waals surface area contributed by atoms with E-state index in [4.69, 9.17) is 16.1 Å². The molecule has 0 saturated heterocycles. The summed E-state index contributed by atoms with van der Waals surface area (Å²) in [6.07, 6.45) is 0.166. The third-order valence-electron chi connectivity index (χ3n) is 3.60. The lowest BCUT2D eigenvalue weighted by atomic mass is 9.96. The van der Waals surface area contributed by atoms with Crippen LogP contribution in [0.2, 0.25) is 5.02 Å². The van der Waals surface area contributed by atoms with E-state index in [0.717, 1.165) is 5.56 Å². The molecule has 1 amide bonds. The fraction of sp³-hybridized carbons (Fsp3) is 0.375. The number of nitrogens with zero attached hydrogens (tertiary/aromatic N) is 1. The van der Waals surface area contributed by atoms with Crippen LogP contribution in [0.15, 0.2) is 28.8 Å². The molecule has 118 valence electrons. The number of amides is 1. The average Bonchev–Trinajstić information content (AvgIpc) is 2.77. The van der Waals surface area contributed by atoms with Crippen molar-refractivity contribution in [1.29, 1.82) is 0 Å². The van der Waals surface area contributed by atoms with Crippen LogP contribution in [-0.2, 0) is 16.8 Å². The summed E-state index contributed by atoms with van der Waals surface area (Å²) >= 11 is 6.09. The highest BCUT2D eigenvalue weighted by molar-refractivity contribution is 6.31. The number of halogens is 1. The van der Waals surface area contributed by atoms with Gasteiger partial charge < -0.3 is 14.9 Å². The minimum absolute atomic E-state index is 0.0684. The van der Waals surface area contributed by atoms with E-state index in [1.165, 1.54) is 0 Å². The van der Waals surface area contributed by atoms with Crippen molar-refractivity contribution in [3.8, 4) is 0 Å². The van der Waals surface area contributed by atoms with E-state index in [1.54, 1.807) is 45.0 Å². The van der Waals surface area contributed by atoms with Crippen molar-refractivity contribution in [3.63, 3.8) is 0 Å². The largest absolute Gasteiger partial charge is 0.384 e. The van der Waals surface area contributed by atoms with E-state index in [0.29, 0.717) is 22.0 Å². The van der Waals surface area contributed by atoms with Crippen molar-refractivity contribution < 1.29 is 14.4 Å². The smallest absolute Gasteiger partial charge is 0.224 e. The highest BCUT2D eigenvalue weighted by Crippen LogP contribution is 2.27. The number of nitrogens with one attached hydrogen (secondary N) is 1. The molecule has 6 heteroatoms. The van der Waals surface area contributed by atoms with Gasteiger partial charge in [-0.3, -0.25) is 4.79 Å². The molecule has 1 atom stereocenters. The minimum atomic E-state index is -1.24. The van der Waals surface area contributed by atoms with E-state index < -0.39 is 5.60 Å². The molecular weight excluding hydrogens is 304 g/mol. The second-order valence-electron chi connectivity index (χ2n) is 5.51. The molecule has 0 aliphatic carbocycles. The Morgan fingerprint density at radius 1 is 1.41 bits per heavy atom. The summed E-state index contributed by atoms with van der Waals surface area (Å²) in [5.41, 5.74) is 0.807. The molecule has 1 aromatic carbocycles. The van der Waals surface area contributed by atoms with E-state index in [2.05, 4.69) is 10.5 Å². The molecule has 0 bridgehead atoms. The Kier molecular flexibility index (Phi) is 4.88. The third kappa shape index (κ3) is 3.67. The van der Waals surface area contributed by atoms with Gasteiger partial charge in [-0.25, -0.2) is 0 Å². The van der Waals surface area contributed by atoms with Crippen LogP contribution < -0.4 is 5.32 Å². The molecule has 0 spiro atoms. The van der Waals surface area contributed by atoms with Crippen molar-refractivity contribution in [3.05, 3.63) is 51.9 Å². The number of hydrogen-bond donors (Lipinski definition) is 2. The molecular formula is C16H19ClN2O3. The van der Waals surface area contributed by atoms with Gasteiger partial charge in [0.1, 0.15) is 11.4 Å². The Morgan fingerprint density at radius 3 is 2.68 bits per heavy atom. The number of aliphatic hydroxyl groups is 1. The highest BCUT2D eigenvalue weighted by atomic mass is 35.5. The Hall–Kier alpha value is -1.85. The van der Waals surface area contributed by atoms with Gasteiger partial charge in [-0.15, -0.1) is 0 Å². The molecule has 0 saturated carbocycles. The van der Waals surface area contributed by atoms with E-state index in [1.807, 2.05) is 0 Å². The molecule has 1 aromatic heterocycles. The normalized spacial score (nSPS) is 13.7. The van der Waals surface area contributed by atoms with E-state index >= 15 is 0 Å². The molecule has 0 radical (unpaired) electrons. The summed E-state index contributed by atoms with van der Waals surface area (Å²) in [7, 11) is 0. The van der Waals surface area contributed by atoms with Gasteiger partial charge in [-0.05, 0) is 26.8 Å². The number of rotatable bonds is 5. The Bertz CT molecular complexity index is 660. The fourth-order valence-corrected chi connectivity index (χ4v) is 2.58. The first-order valence-electron chi connectivity index (χ1n) is 6.97. The summed E-state index contributed by atoms with van der Waals surface area (Å²) in [4.78, 5) is 12.1. The quantitative estimate of drug-likeness (QED) is 0.887. The van der Waals surface area contributed by atoms with E-state index in [-0.39, 0.29) is 18.9 Å². The SMILES string of the molecule is Cc1noc(C)c1CC(=O)NC[C@@](C)(O)c1ccccc1Cl. The summed E-state index contributed by atoms with van der Waals surface area (Å²) < 4.78 is 5.03. The maximum absolute atomic E-state index is 12.1. The van der Waals surface area contributed by atoms with Crippen LogP contribution in [0.4, 0.5) is 0 Å². The molecule has 1 heterocycles. The predicted octanol–water partition coefficient (Wildman–Crippen LogP) is 2.51.